The van der Waals surface area contributed by atoms with Gasteiger partial charge in [0.2, 0.25) is 10.0 Å². The molecule has 0 amide bonds. The highest BCUT2D eigenvalue weighted by atomic mass is 35.5. The molecule has 0 saturated carbocycles. The van der Waals surface area contributed by atoms with Crippen molar-refractivity contribution >= 4 is 38.2 Å². The second-order valence-electron chi connectivity index (χ2n) is 6.80. The van der Waals surface area contributed by atoms with Gasteiger partial charge < -0.3 is 9.47 Å². The number of hydrogen-bond donors (Lipinski definition) is 0. The molecule has 9 nitrogen and oxygen atoms in total. The first kappa shape index (κ1) is 21.4. The Kier molecular flexibility index (Phi) is 6.05. The largest absolute Gasteiger partial charge is 0.482 e. The summed E-state index contributed by atoms with van der Waals surface area (Å²) < 4.78 is 37.8. The zero-order chi connectivity index (χ0) is 22.0. The van der Waals surface area contributed by atoms with Crippen LogP contribution in [0.1, 0.15) is 5.56 Å². The van der Waals surface area contributed by atoms with Crippen LogP contribution in [0, 0.1) is 10.1 Å². The molecule has 3 aromatic rings. The van der Waals surface area contributed by atoms with Crippen molar-refractivity contribution in [2.75, 3.05) is 26.3 Å². The van der Waals surface area contributed by atoms with Crippen molar-refractivity contribution in [2.24, 2.45) is 0 Å². The van der Waals surface area contributed by atoms with Crippen LogP contribution in [-0.4, -0.2) is 48.9 Å². The van der Waals surface area contributed by atoms with E-state index in [0.29, 0.717) is 16.1 Å². The molecule has 0 bridgehead atoms. The van der Waals surface area contributed by atoms with Crippen LogP contribution in [0.15, 0.2) is 53.6 Å². The maximum atomic E-state index is 12.8. The summed E-state index contributed by atoms with van der Waals surface area (Å²) in [5.74, 6) is -0.0371. The Morgan fingerprint density at radius 2 is 1.97 bits per heavy atom. The summed E-state index contributed by atoms with van der Waals surface area (Å²) in [5, 5.41) is 12.9. The van der Waals surface area contributed by atoms with E-state index < -0.39 is 20.6 Å². The first-order valence-corrected chi connectivity index (χ1v) is 11.2. The average Bonchev–Trinajstić information content (AvgIpc) is 2.79. The predicted octanol–water partition coefficient (Wildman–Crippen LogP) is 3.40. The number of sulfonamides is 1. The molecule has 0 aliphatic carbocycles. The van der Waals surface area contributed by atoms with Crippen LogP contribution in [0.25, 0.3) is 10.9 Å². The number of benzene rings is 2. The average molecular weight is 464 g/mol. The van der Waals surface area contributed by atoms with Crippen LogP contribution in [0.5, 0.6) is 5.75 Å². The Balaban J connectivity index is 1.63. The van der Waals surface area contributed by atoms with Crippen molar-refractivity contribution in [1.29, 1.82) is 0 Å². The number of morpholine rings is 1. The van der Waals surface area contributed by atoms with Crippen molar-refractivity contribution in [3.8, 4) is 5.75 Å². The van der Waals surface area contributed by atoms with Gasteiger partial charge in [-0.25, -0.2) is 8.42 Å². The van der Waals surface area contributed by atoms with Gasteiger partial charge >= 0.3 is 5.69 Å². The molecule has 1 aliphatic rings. The van der Waals surface area contributed by atoms with Gasteiger partial charge in [-0.3, -0.25) is 15.1 Å². The van der Waals surface area contributed by atoms with E-state index in [-0.39, 0.29) is 43.6 Å². The van der Waals surface area contributed by atoms with Gasteiger partial charge in [-0.2, -0.15) is 4.31 Å². The highest BCUT2D eigenvalue weighted by Crippen LogP contribution is 2.32. The third-order valence-electron chi connectivity index (χ3n) is 4.92. The number of pyridine rings is 1. The lowest BCUT2D eigenvalue weighted by Gasteiger charge is -2.26. The highest BCUT2D eigenvalue weighted by molar-refractivity contribution is 7.89. The van der Waals surface area contributed by atoms with E-state index in [0.717, 1.165) is 11.5 Å². The number of aromatic nitrogens is 1. The Labute approximate surface area is 183 Å². The Morgan fingerprint density at radius 3 is 2.71 bits per heavy atom. The first-order chi connectivity index (χ1) is 14.9. The molecule has 2 heterocycles. The van der Waals surface area contributed by atoms with Crippen molar-refractivity contribution in [3.63, 3.8) is 0 Å². The molecule has 0 N–H and O–H groups in total. The van der Waals surface area contributed by atoms with E-state index in [1.54, 1.807) is 24.4 Å². The number of nitrogens with zero attached hydrogens (tertiary/aromatic N) is 3. The molecule has 2 aromatic carbocycles. The summed E-state index contributed by atoms with van der Waals surface area (Å²) in [4.78, 5) is 15.1. The molecule has 31 heavy (non-hydrogen) atoms. The third-order valence-corrected chi connectivity index (χ3v) is 7.14. The molecule has 1 aliphatic heterocycles. The van der Waals surface area contributed by atoms with Gasteiger partial charge in [-0.1, -0.05) is 17.7 Å². The summed E-state index contributed by atoms with van der Waals surface area (Å²) in [6, 6.07) is 10.7. The van der Waals surface area contributed by atoms with E-state index in [1.807, 2.05) is 6.07 Å². The number of halogens is 1. The maximum Gasteiger partial charge on any atom is 0.312 e. The summed E-state index contributed by atoms with van der Waals surface area (Å²) >= 11 is 6.20. The van der Waals surface area contributed by atoms with Gasteiger partial charge in [0.1, 0.15) is 6.61 Å². The topological polar surface area (TPSA) is 112 Å². The smallest absolute Gasteiger partial charge is 0.312 e. The van der Waals surface area contributed by atoms with E-state index >= 15 is 0 Å². The van der Waals surface area contributed by atoms with Crippen molar-refractivity contribution < 1.29 is 22.8 Å². The molecule has 1 fully saturated rings. The molecule has 11 heteroatoms. The maximum absolute atomic E-state index is 12.8. The molecule has 4 rings (SSSR count). The fraction of sp³-hybridized carbons (Fsp3) is 0.250. The van der Waals surface area contributed by atoms with Crippen molar-refractivity contribution in [3.05, 3.63) is 69.4 Å². The second kappa shape index (κ2) is 8.75. The number of rotatable bonds is 6. The summed E-state index contributed by atoms with van der Waals surface area (Å²) in [7, 11) is -3.87. The lowest BCUT2D eigenvalue weighted by atomic mass is 10.1. The summed E-state index contributed by atoms with van der Waals surface area (Å²) in [6.07, 6.45) is 1.62. The zero-order valence-electron chi connectivity index (χ0n) is 16.2. The molecule has 162 valence electrons. The summed E-state index contributed by atoms with van der Waals surface area (Å²) in [5.41, 5.74) is 0.893. The van der Waals surface area contributed by atoms with Gasteiger partial charge in [0.15, 0.2) is 5.75 Å². The van der Waals surface area contributed by atoms with Gasteiger partial charge in [0, 0.05) is 41.3 Å². The van der Waals surface area contributed by atoms with E-state index in [1.165, 1.54) is 16.4 Å². The molecule has 0 atom stereocenters. The van der Waals surface area contributed by atoms with Crippen molar-refractivity contribution in [1.82, 2.24) is 9.29 Å². The lowest BCUT2D eigenvalue weighted by molar-refractivity contribution is -0.386. The van der Waals surface area contributed by atoms with E-state index in [4.69, 9.17) is 21.1 Å². The van der Waals surface area contributed by atoms with Crippen LogP contribution in [-0.2, 0) is 21.4 Å². The monoisotopic (exact) mass is 463 g/mol. The third kappa shape index (κ3) is 4.33. The Hall–Kier alpha value is -2.79. The molecule has 1 saturated heterocycles. The van der Waals surface area contributed by atoms with Gasteiger partial charge in [0.25, 0.3) is 0 Å². The fourth-order valence-electron chi connectivity index (χ4n) is 3.33. The van der Waals surface area contributed by atoms with Gasteiger partial charge in [-0.15, -0.1) is 0 Å². The normalized spacial score (nSPS) is 15.1. The SMILES string of the molecule is O=[N+]([O-])c1cc(S(=O)(=O)N2CCOCC2)ccc1OCc1ccc(Cl)c2cccnc12. The number of nitro groups is 1. The van der Waals surface area contributed by atoms with Gasteiger partial charge in [0.05, 0.1) is 28.5 Å². The van der Waals surface area contributed by atoms with Crippen LogP contribution in [0.4, 0.5) is 5.69 Å². The molecular weight excluding hydrogens is 446 g/mol. The lowest BCUT2D eigenvalue weighted by Crippen LogP contribution is -2.40. The van der Waals surface area contributed by atoms with Crippen LogP contribution >= 0.6 is 11.6 Å². The number of fused-ring (bicyclic) bond motifs is 1. The minimum Gasteiger partial charge on any atom is -0.482 e. The molecule has 0 unspecified atom stereocenters. The van der Waals surface area contributed by atoms with Crippen LogP contribution in [0.2, 0.25) is 5.02 Å². The minimum atomic E-state index is -3.87. The number of hydrogen-bond acceptors (Lipinski definition) is 7. The Morgan fingerprint density at radius 1 is 1.19 bits per heavy atom. The van der Waals surface area contributed by atoms with Crippen molar-refractivity contribution in [2.45, 2.75) is 11.5 Å². The fourth-order valence-corrected chi connectivity index (χ4v) is 4.97. The molecule has 0 radical (unpaired) electrons. The first-order valence-electron chi connectivity index (χ1n) is 9.39. The van der Waals surface area contributed by atoms with Crippen LogP contribution < -0.4 is 4.74 Å². The predicted molar refractivity (Wildman–Crippen MR) is 114 cm³/mol. The summed E-state index contributed by atoms with van der Waals surface area (Å²) in [6.45, 7) is 0.967. The quantitative estimate of drug-likeness (QED) is 0.406. The van der Waals surface area contributed by atoms with E-state index in [2.05, 4.69) is 4.98 Å². The second-order valence-corrected chi connectivity index (χ2v) is 9.14. The zero-order valence-corrected chi connectivity index (χ0v) is 17.8. The van der Waals surface area contributed by atoms with Gasteiger partial charge in [-0.05, 0) is 30.3 Å². The minimum absolute atomic E-state index is 0.00107. The highest BCUT2D eigenvalue weighted by Gasteiger charge is 2.29. The molecular formula is C20H18ClN3O6S. The standard InChI is InChI=1S/C20H18ClN3O6S/c21-17-5-3-14(20-16(17)2-1-7-22-20)13-30-19-6-4-15(12-18(19)24(25)26)31(27,28)23-8-10-29-11-9-23/h1-7,12H,8-11,13H2. The Bertz CT molecular complexity index is 1240. The molecule has 1 aromatic heterocycles. The van der Waals surface area contributed by atoms with E-state index in [9.17, 15) is 18.5 Å². The van der Waals surface area contributed by atoms with Crippen LogP contribution in [0.3, 0.4) is 0 Å². The molecule has 0 spiro atoms. The number of nitro benzene ring substituents is 1. The number of ether oxygens (including phenoxy) is 2.